The van der Waals surface area contributed by atoms with Crippen molar-refractivity contribution in [3.8, 4) is 5.75 Å². The van der Waals surface area contributed by atoms with Crippen LogP contribution in [0.15, 0.2) is 30.6 Å². The molecule has 4 heteroatoms. The Morgan fingerprint density at radius 1 is 1.40 bits per heavy atom. The third kappa shape index (κ3) is 3.61. The van der Waals surface area contributed by atoms with Crippen molar-refractivity contribution in [2.24, 2.45) is 5.73 Å². The summed E-state index contributed by atoms with van der Waals surface area (Å²) in [7, 11) is 1.70. The predicted octanol–water partition coefficient (Wildman–Crippen LogP) is 2.53. The van der Waals surface area contributed by atoms with Gasteiger partial charge in [0.25, 0.3) is 0 Å². The third-order valence-corrected chi connectivity index (χ3v) is 3.48. The van der Waals surface area contributed by atoms with Gasteiger partial charge in [-0.2, -0.15) is 5.10 Å². The lowest BCUT2D eigenvalue weighted by molar-refractivity contribution is 0.407. The molecule has 1 aromatic heterocycles. The molecule has 108 valence electrons. The van der Waals surface area contributed by atoms with Gasteiger partial charge in [-0.05, 0) is 31.4 Å². The van der Waals surface area contributed by atoms with Crippen molar-refractivity contribution >= 4 is 0 Å². The smallest absolute Gasteiger partial charge is 0.123 e. The molecule has 0 radical (unpaired) electrons. The summed E-state index contributed by atoms with van der Waals surface area (Å²) in [5.74, 6) is 0.901. The van der Waals surface area contributed by atoms with E-state index in [9.17, 15) is 0 Å². The first kappa shape index (κ1) is 14.6. The normalized spacial score (nSPS) is 12.4. The van der Waals surface area contributed by atoms with Gasteiger partial charge in [-0.3, -0.25) is 4.68 Å². The maximum atomic E-state index is 5.98. The average Bonchev–Trinajstić information content (AvgIpc) is 2.86. The van der Waals surface area contributed by atoms with Crippen LogP contribution in [0.3, 0.4) is 0 Å². The van der Waals surface area contributed by atoms with Crippen LogP contribution in [-0.4, -0.2) is 22.9 Å². The SMILES string of the molecule is CCC(N)Cc1cnn(Cc2cc(C)ccc2OC)c1. The topological polar surface area (TPSA) is 53.1 Å². The Hall–Kier alpha value is -1.81. The van der Waals surface area contributed by atoms with E-state index in [-0.39, 0.29) is 6.04 Å². The maximum Gasteiger partial charge on any atom is 0.123 e. The Kier molecular flexibility index (Phi) is 4.79. The van der Waals surface area contributed by atoms with Crippen LogP contribution in [0, 0.1) is 6.92 Å². The van der Waals surface area contributed by atoms with Crippen LogP contribution in [0.4, 0.5) is 0 Å². The van der Waals surface area contributed by atoms with Crippen molar-refractivity contribution < 1.29 is 4.74 Å². The third-order valence-electron chi connectivity index (χ3n) is 3.48. The van der Waals surface area contributed by atoms with Gasteiger partial charge in [0, 0.05) is 17.8 Å². The molecule has 20 heavy (non-hydrogen) atoms. The molecule has 2 aromatic rings. The van der Waals surface area contributed by atoms with Gasteiger partial charge in [-0.25, -0.2) is 0 Å². The quantitative estimate of drug-likeness (QED) is 0.880. The lowest BCUT2D eigenvalue weighted by atomic mass is 10.1. The van der Waals surface area contributed by atoms with E-state index in [1.165, 1.54) is 11.1 Å². The predicted molar refractivity (Wildman–Crippen MR) is 81.0 cm³/mol. The molecule has 0 saturated carbocycles. The van der Waals surface area contributed by atoms with Gasteiger partial charge in [-0.1, -0.05) is 24.6 Å². The molecule has 2 N–H and O–H groups in total. The molecule has 1 unspecified atom stereocenters. The minimum Gasteiger partial charge on any atom is -0.496 e. The highest BCUT2D eigenvalue weighted by Crippen LogP contribution is 2.20. The zero-order chi connectivity index (χ0) is 14.5. The summed E-state index contributed by atoms with van der Waals surface area (Å²) in [6.07, 6.45) is 5.83. The monoisotopic (exact) mass is 273 g/mol. The van der Waals surface area contributed by atoms with Gasteiger partial charge in [0.05, 0.1) is 19.9 Å². The fourth-order valence-electron chi connectivity index (χ4n) is 2.25. The molecular formula is C16H23N3O. The van der Waals surface area contributed by atoms with E-state index < -0.39 is 0 Å². The first-order valence-corrected chi connectivity index (χ1v) is 7.02. The number of hydrogen-bond donors (Lipinski definition) is 1. The fourth-order valence-corrected chi connectivity index (χ4v) is 2.25. The van der Waals surface area contributed by atoms with E-state index >= 15 is 0 Å². The largest absolute Gasteiger partial charge is 0.496 e. The number of nitrogens with zero attached hydrogens (tertiary/aromatic N) is 2. The van der Waals surface area contributed by atoms with Crippen molar-refractivity contribution in [2.45, 2.75) is 39.3 Å². The molecule has 2 rings (SSSR count). The van der Waals surface area contributed by atoms with Crippen molar-refractivity contribution in [2.75, 3.05) is 7.11 Å². The number of methoxy groups -OCH3 is 1. The van der Waals surface area contributed by atoms with Crippen molar-refractivity contribution in [1.29, 1.82) is 0 Å². The minimum atomic E-state index is 0.209. The second-order valence-corrected chi connectivity index (χ2v) is 5.23. The van der Waals surface area contributed by atoms with E-state index in [2.05, 4.69) is 37.3 Å². The number of aromatic nitrogens is 2. The van der Waals surface area contributed by atoms with Crippen LogP contribution in [0.25, 0.3) is 0 Å². The molecule has 0 aliphatic rings. The first-order chi connectivity index (χ1) is 9.62. The fraction of sp³-hybridized carbons (Fsp3) is 0.438. The molecule has 0 aliphatic carbocycles. The van der Waals surface area contributed by atoms with Gasteiger partial charge >= 0.3 is 0 Å². The molecule has 4 nitrogen and oxygen atoms in total. The van der Waals surface area contributed by atoms with Crippen LogP contribution in [-0.2, 0) is 13.0 Å². The van der Waals surface area contributed by atoms with Crippen LogP contribution in [0.1, 0.15) is 30.0 Å². The molecule has 0 saturated heterocycles. The molecule has 1 atom stereocenters. The number of ether oxygens (including phenoxy) is 1. The Balaban J connectivity index is 2.12. The van der Waals surface area contributed by atoms with Crippen molar-refractivity contribution in [1.82, 2.24) is 9.78 Å². The number of benzene rings is 1. The van der Waals surface area contributed by atoms with E-state index in [0.717, 1.165) is 24.2 Å². The first-order valence-electron chi connectivity index (χ1n) is 7.02. The second kappa shape index (κ2) is 6.57. The zero-order valence-electron chi connectivity index (χ0n) is 12.5. The summed E-state index contributed by atoms with van der Waals surface area (Å²) in [6.45, 7) is 4.90. The maximum absolute atomic E-state index is 5.98. The second-order valence-electron chi connectivity index (χ2n) is 5.23. The van der Waals surface area contributed by atoms with Gasteiger partial charge in [0.1, 0.15) is 5.75 Å². The lowest BCUT2D eigenvalue weighted by Crippen LogP contribution is -2.21. The molecule has 0 aliphatic heterocycles. The standard InChI is InChI=1S/C16H23N3O/c1-4-15(17)8-13-9-18-19(10-13)11-14-7-12(2)5-6-16(14)20-3/h5-7,9-10,15H,4,8,11,17H2,1-3H3. The van der Waals surface area contributed by atoms with E-state index in [1.807, 2.05) is 16.9 Å². The van der Waals surface area contributed by atoms with E-state index in [1.54, 1.807) is 7.11 Å². The zero-order valence-corrected chi connectivity index (χ0v) is 12.5. The number of aryl methyl sites for hydroxylation is 1. The Labute approximate surface area is 120 Å². The average molecular weight is 273 g/mol. The highest BCUT2D eigenvalue weighted by Gasteiger charge is 2.07. The summed E-state index contributed by atoms with van der Waals surface area (Å²) < 4.78 is 7.34. The summed E-state index contributed by atoms with van der Waals surface area (Å²) >= 11 is 0. The van der Waals surface area contributed by atoms with Gasteiger partial charge in [-0.15, -0.1) is 0 Å². The Morgan fingerprint density at radius 3 is 2.90 bits per heavy atom. The molecular weight excluding hydrogens is 250 g/mol. The minimum absolute atomic E-state index is 0.209. The summed E-state index contributed by atoms with van der Waals surface area (Å²) in [5.41, 5.74) is 9.53. The molecule has 0 spiro atoms. The number of nitrogens with two attached hydrogens (primary N) is 1. The molecule has 0 bridgehead atoms. The highest BCUT2D eigenvalue weighted by molar-refractivity contribution is 5.37. The number of hydrogen-bond acceptors (Lipinski definition) is 3. The van der Waals surface area contributed by atoms with E-state index in [0.29, 0.717) is 6.54 Å². The highest BCUT2D eigenvalue weighted by atomic mass is 16.5. The van der Waals surface area contributed by atoms with Gasteiger partial charge < -0.3 is 10.5 Å². The van der Waals surface area contributed by atoms with Gasteiger partial charge in [0.15, 0.2) is 0 Å². The summed E-state index contributed by atoms with van der Waals surface area (Å²) in [5, 5.41) is 4.41. The number of rotatable bonds is 6. The van der Waals surface area contributed by atoms with Gasteiger partial charge in [0.2, 0.25) is 0 Å². The summed E-state index contributed by atoms with van der Waals surface area (Å²) in [4.78, 5) is 0. The van der Waals surface area contributed by atoms with Crippen molar-refractivity contribution in [3.05, 3.63) is 47.3 Å². The molecule has 1 aromatic carbocycles. The van der Waals surface area contributed by atoms with Crippen LogP contribution >= 0.6 is 0 Å². The lowest BCUT2D eigenvalue weighted by Gasteiger charge is -2.09. The Bertz CT molecular complexity index is 563. The van der Waals surface area contributed by atoms with E-state index in [4.69, 9.17) is 10.5 Å². The molecule has 0 amide bonds. The van der Waals surface area contributed by atoms with Crippen LogP contribution in [0.5, 0.6) is 5.75 Å². The van der Waals surface area contributed by atoms with Crippen LogP contribution in [0.2, 0.25) is 0 Å². The van der Waals surface area contributed by atoms with Crippen molar-refractivity contribution in [3.63, 3.8) is 0 Å². The summed E-state index contributed by atoms with van der Waals surface area (Å²) in [6, 6.07) is 6.40. The van der Waals surface area contributed by atoms with Crippen LogP contribution < -0.4 is 10.5 Å². The molecule has 0 fully saturated rings. The molecule has 1 heterocycles. The Morgan fingerprint density at radius 2 is 2.20 bits per heavy atom.